The van der Waals surface area contributed by atoms with Gasteiger partial charge in [0, 0.05) is 19.6 Å². The third-order valence-electron chi connectivity index (χ3n) is 4.91. The van der Waals surface area contributed by atoms with E-state index in [9.17, 15) is 18.5 Å². The van der Waals surface area contributed by atoms with Gasteiger partial charge in [0.05, 0.1) is 15.4 Å². The Kier molecular flexibility index (Phi) is 4.70. The molecule has 0 spiro atoms. The fourth-order valence-corrected chi connectivity index (χ4v) is 5.50. The molecule has 2 heterocycles. The average Bonchev–Trinajstić information content (AvgIpc) is 2.84. The SMILES string of the molecule is CCn1nc(C)c([N+](=O)[O-])c1N1CCS(=O)(=O)C(CC)(CC)C1. The van der Waals surface area contributed by atoms with E-state index in [4.69, 9.17) is 0 Å². The lowest BCUT2D eigenvalue weighted by atomic mass is 10.0. The summed E-state index contributed by atoms with van der Waals surface area (Å²) in [6, 6.07) is 0. The van der Waals surface area contributed by atoms with Gasteiger partial charge in [-0.25, -0.2) is 13.1 Å². The molecule has 1 fully saturated rings. The third kappa shape index (κ3) is 2.71. The maximum atomic E-state index is 12.5. The molecular weight excluding hydrogens is 320 g/mol. The molecule has 0 radical (unpaired) electrons. The van der Waals surface area contributed by atoms with Gasteiger partial charge in [-0.1, -0.05) is 13.8 Å². The fourth-order valence-electron chi connectivity index (χ4n) is 3.37. The van der Waals surface area contributed by atoms with Crippen molar-refractivity contribution < 1.29 is 13.3 Å². The van der Waals surface area contributed by atoms with Crippen LogP contribution >= 0.6 is 0 Å². The van der Waals surface area contributed by atoms with Crippen molar-refractivity contribution in [2.45, 2.75) is 51.8 Å². The van der Waals surface area contributed by atoms with Crippen molar-refractivity contribution >= 4 is 21.3 Å². The van der Waals surface area contributed by atoms with E-state index in [1.54, 1.807) is 11.6 Å². The maximum absolute atomic E-state index is 12.5. The summed E-state index contributed by atoms with van der Waals surface area (Å²) in [4.78, 5) is 12.9. The molecular formula is C14H24N4O4S. The van der Waals surface area contributed by atoms with Crippen LogP contribution in [0.3, 0.4) is 0 Å². The van der Waals surface area contributed by atoms with E-state index >= 15 is 0 Å². The normalized spacial score (nSPS) is 19.7. The molecule has 8 nitrogen and oxygen atoms in total. The van der Waals surface area contributed by atoms with Crippen LogP contribution in [-0.4, -0.2) is 46.7 Å². The molecule has 1 aliphatic heterocycles. The Bertz CT molecular complexity index is 707. The number of aromatic nitrogens is 2. The largest absolute Gasteiger partial charge is 0.348 e. The quantitative estimate of drug-likeness (QED) is 0.598. The lowest BCUT2D eigenvalue weighted by Crippen LogP contribution is -2.56. The molecule has 0 N–H and O–H groups in total. The van der Waals surface area contributed by atoms with E-state index in [1.165, 1.54) is 0 Å². The lowest BCUT2D eigenvalue weighted by Gasteiger charge is -2.41. The van der Waals surface area contributed by atoms with Gasteiger partial charge in [0.1, 0.15) is 5.69 Å². The number of hydrogen-bond acceptors (Lipinski definition) is 6. The summed E-state index contributed by atoms with van der Waals surface area (Å²) < 4.78 is 25.8. The zero-order valence-electron chi connectivity index (χ0n) is 14.1. The minimum atomic E-state index is -3.21. The van der Waals surface area contributed by atoms with Crippen LogP contribution in [0.4, 0.5) is 11.5 Å². The van der Waals surface area contributed by atoms with Crippen molar-refractivity contribution in [3.63, 3.8) is 0 Å². The zero-order valence-corrected chi connectivity index (χ0v) is 14.9. The Morgan fingerprint density at radius 2 is 1.91 bits per heavy atom. The molecule has 0 aliphatic carbocycles. The molecule has 0 amide bonds. The third-order valence-corrected chi connectivity index (χ3v) is 7.65. The highest BCUT2D eigenvalue weighted by Crippen LogP contribution is 2.38. The maximum Gasteiger partial charge on any atom is 0.333 e. The van der Waals surface area contributed by atoms with Crippen molar-refractivity contribution in [2.24, 2.45) is 0 Å². The summed E-state index contributed by atoms with van der Waals surface area (Å²) in [5.41, 5.74) is 0.339. The minimum absolute atomic E-state index is 0.0137. The fraction of sp³-hybridized carbons (Fsp3) is 0.786. The van der Waals surface area contributed by atoms with Crippen molar-refractivity contribution in [3.05, 3.63) is 15.8 Å². The number of aryl methyl sites for hydroxylation is 2. The Morgan fingerprint density at radius 1 is 1.30 bits per heavy atom. The molecule has 23 heavy (non-hydrogen) atoms. The second kappa shape index (κ2) is 6.10. The van der Waals surface area contributed by atoms with E-state index in [-0.39, 0.29) is 24.5 Å². The predicted molar refractivity (Wildman–Crippen MR) is 88.6 cm³/mol. The number of anilines is 1. The Hall–Kier alpha value is -1.64. The van der Waals surface area contributed by atoms with E-state index in [0.717, 1.165) is 0 Å². The van der Waals surface area contributed by atoms with E-state index in [0.29, 0.717) is 30.9 Å². The summed E-state index contributed by atoms with van der Waals surface area (Å²) in [5.74, 6) is 0.441. The summed E-state index contributed by atoms with van der Waals surface area (Å²) in [6.07, 6.45) is 0.991. The van der Waals surface area contributed by atoms with Crippen molar-refractivity contribution in [2.75, 3.05) is 23.7 Å². The number of sulfone groups is 1. The first-order chi connectivity index (χ1) is 10.7. The van der Waals surface area contributed by atoms with Crippen LogP contribution in [0.5, 0.6) is 0 Å². The number of nitrogens with zero attached hydrogens (tertiary/aromatic N) is 4. The highest BCUT2D eigenvalue weighted by atomic mass is 32.2. The number of nitro groups is 1. The monoisotopic (exact) mass is 344 g/mol. The minimum Gasteiger partial charge on any atom is -0.348 e. The van der Waals surface area contributed by atoms with Gasteiger partial charge in [-0.15, -0.1) is 0 Å². The first kappa shape index (κ1) is 17.7. The second-order valence-corrected chi connectivity index (χ2v) is 8.46. The molecule has 130 valence electrons. The van der Waals surface area contributed by atoms with Crippen LogP contribution in [0.15, 0.2) is 0 Å². The van der Waals surface area contributed by atoms with E-state index in [2.05, 4.69) is 5.10 Å². The standard InChI is InChI=1S/C14H24N4O4S/c1-5-14(6-2)10-16(8-9-23(14,21)22)13-12(18(19)20)11(4)15-17(13)7-3/h5-10H2,1-4H3. The molecule has 2 rings (SSSR count). The predicted octanol–water partition coefficient (Wildman–Crippen LogP) is 1.91. The molecule has 0 saturated carbocycles. The summed E-state index contributed by atoms with van der Waals surface area (Å²) in [7, 11) is -3.21. The molecule has 1 aromatic rings. The van der Waals surface area contributed by atoms with Gasteiger partial charge in [-0.2, -0.15) is 5.10 Å². The smallest absolute Gasteiger partial charge is 0.333 e. The van der Waals surface area contributed by atoms with Crippen molar-refractivity contribution in [1.82, 2.24) is 9.78 Å². The van der Waals surface area contributed by atoms with Crippen LogP contribution in [-0.2, 0) is 16.4 Å². The number of hydrogen-bond donors (Lipinski definition) is 0. The van der Waals surface area contributed by atoms with Gasteiger partial charge in [0.15, 0.2) is 9.84 Å². The Labute approximate surface area is 136 Å². The lowest BCUT2D eigenvalue weighted by molar-refractivity contribution is -0.384. The van der Waals surface area contributed by atoms with Gasteiger partial charge in [0.2, 0.25) is 5.82 Å². The summed E-state index contributed by atoms with van der Waals surface area (Å²) >= 11 is 0. The van der Waals surface area contributed by atoms with Crippen LogP contribution in [0, 0.1) is 17.0 Å². The highest BCUT2D eigenvalue weighted by Gasteiger charge is 2.47. The number of rotatable bonds is 5. The molecule has 0 aromatic carbocycles. The average molecular weight is 344 g/mol. The van der Waals surface area contributed by atoms with Crippen LogP contribution in [0.25, 0.3) is 0 Å². The molecule has 9 heteroatoms. The van der Waals surface area contributed by atoms with Gasteiger partial charge in [-0.3, -0.25) is 10.1 Å². The van der Waals surface area contributed by atoms with Crippen molar-refractivity contribution in [3.8, 4) is 0 Å². The highest BCUT2D eigenvalue weighted by molar-refractivity contribution is 7.92. The van der Waals surface area contributed by atoms with Crippen molar-refractivity contribution in [1.29, 1.82) is 0 Å². The van der Waals surface area contributed by atoms with Gasteiger partial charge in [-0.05, 0) is 26.7 Å². The van der Waals surface area contributed by atoms with Gasteiger partial charge >= 0.3 is 5.69 Å². The first-order valence-corrected chi connectivity index (χ1v) is 9.57. The summed E-state index contributed by atoms with van der Waals surface area (Å²) in [5, 5.41) is 15.7. The Morgan fingerprint density at radius 3 is 2.39 bits per heavy atom. The molecule has 1 aliphatic rings. The molecule has 1 aromatic heterocycles. The zero-order chi connectivity index (χ0) is 17.4. The molecule has 1 saturated heterocycles. The molecule has 0 unspecified atom stereocenters. The topological polar surface area (TPSA) is 98.3 Å². The van der Waals surface area contributed by atoms with Crippen LogP contribution in [0.2, 0.25) is 0 Å². The van der Waals surface area contributed by atoms with Gasteiger partial charge in [0.25, 0.3) is 0 Å². The van der Waals surface area contributed by atoms with E-state index < -0.39 is 19.5 Å². The van der Waals surface area contributed by atoms with E-state index in [1.807, 2.05) is 25.7 Å². The Balaban J connectivity index is 2.54. The summed E-state index contributed by atoms with van der Waals surface area (Å²) in [6.45, 7) is 8.24. The van der Waals surface area contributed by atoms with Crippen LogP contribution < -0.4 is 4.90 Å². The molecule has 0 atom stereocenters. The second-order valence-electron chi connectivity index (χ2n) is 5.96. The van der Waals surface area contributed by atoms with Gasteiger partial charge < -0.3 is 4.90 Å². The van der Waals surface area contributed by atoms with Crippen LogP contribution in [0.1, 0.15) is 39.3 Å². The first-order valence-electron chi connectivity index (χ1n) is 7.92. The molecule has 0 bridgehead atoms.